The number of thiazole rings is 1. The first-order valence-electron chi connectivity index (χ1n) is 10.3. The van der Waals surface area contributed by atoms with Gasteiger partial charge in [0, 0.05) is 9.77 Å². The zero-order valence-electron chi connectivity index (χ0n) is 18.3. The summed E-state index contributed by atoms with van der Waals surface area (Å²) in [5, 5.41) is 1.98. The van der Waals surface area contributed by atoms with Crippen molar-refractivity contribution in [2.24, 2.45) is 10.9 Å². The van der Waals surface area contributed by atoms with E-state index in [1.165, 1.54) is 11.3 Å². The van der Waals surface area contributed by atoms with Crippen molar-refractivity contribution < 1.29 is 9.53 Å². The first kappa shape index (κ1) is 22.8. The Kier molecular flexibility index (Phi) is 6.83. The highest BCUT2D eigenvalue weighted by Crippen LogP contribution is 2.31. The third kappa shape index (κ3) is 4.53. The number of benzene rings is 1. The quantitative estimate of drug-likeness (QED) is 0.388. The summed E-state index contributed by atoms with van der Waals surface area (Å²) in [7, 11) is 0. The number of thiophene rings is 1. The smallest absolute Gasteiger partial charge is 0.338 e. The molecule has 1 aromatic carbocycles. The fourth-order valence-electron chi connectivity index (χ4n) is 3.51. The predicted molar refractivity (Wildman–Crippen MR) is 132 cm³/mol. The van der Waals surface area contributed by atoms with Gasteiger partial charge in [0.25, 0.3) is 5.56 Å². The van der Waals surface area contributed by atoms with Crippen LogP contribution in [0.4, 0.5) is 0 Å². The van der Waals surface area contributed by atoms with Crippen LogP contribution in [0.15, 0.2) is 67.7 Å². The molecule has 0 bridgehead atoms. The van der Waals surface area contributed by atoms with E-state index in [1.54, 1.807) is 27.7 Å². The summed E-state index contributed by atoms with van der Waals surface area (Å²) in [6.45, 7) is 6.11. The van der Waals surface area contributed by atoms with Crippen LogP contribution in [0, 0.1) is 5.92 Å². The Morgan fingerprint density at radius 3 is 2.66 bits per heavy atom. The van der Waals surface area contributed by atoms with Gasteiger partial charge in [-0.2, -0.15) is 0 Å². The molecule has 1 atom stereocenters. The standard InChI is InChI=1S/C24H24N2O3S3/c1-14(2)13-29-23(28)20-15(3)25-24-26(21(20)16-7-9-17(30-4)10-8-16)22(27)19(32-24)12-18-6-5-11-31-18/h5-12,14,21H,13H2,1-4H3. The van der Waals surface area contributed by atoms with E-state index in [9.17, 15) is 9.59 Å². The summed E-state index contributed by atoms with van der Waals surface area (Å²) >= 11 is 4.57. The van der Waals surface area contributed by atoms with Crippen molar-refractivity contribution in [3.05, 3.63) is 83.2 Å². The van der Waals surface area contributed by atoms with Gasteiger partial charge in [-0.25, -0.2) is 9.79 Å². The zero-order chi connectivity index (χ0) is 22.8. The number of ether oxygens (including phenoxy) is 1. The first-order valence-corrected chi connectivity index (χ1v) is 13.2. The molecule has 0 saturated carbocycles. The maximum Gasteiger partial charge on any atom is 0.338 e. The normalized spacial score (nSPS) is 16.3. The van der Waals surface area contributed by atoms with E-state index in [1.807, 2.05) is 74.9 Å². The van der Waals surface area contributed by atoms with E-state index in [4.69, 9.17) is 4.74 Å². The SMILES string of the molecule is CSc1ccc(C2C(C(=O)OCC(C)C)=C(C)N=c3sc(=Cc4cccs4)c(=O)n32)cc1. The van der Waals surface area contributed by atoms with Crippen molar-refractivity contribution >= 4 is 46.5 Å². The Bertz CT molecular complexity index is 1330. The van der Waals surface area contributed by atoms with Crippen LogP contribution in [0.5, 0.6) is 0 Å². The Morgan fingerprint density at radius 1 is 1.28 bits per heavy atom. The summed E-state index contributed by atoms with van der Waals surface area (Å²) in [5.74, 6) is -0.211. The van der Waals surface area contributed by atoms with Crippen LogP contribution in [0.25, 0.3) is 6.08 Å². The fraction of sp³-hybridized carbons (Fsp3) is 0.292. The zero-order valence-corrected chi connectivity index (χ0v) is 20.8. The Morgan fingerprint density at radius 2 is 2.03 bits per heavy atom. The molecule has 0 fully saturated rings. The van der Waals surface area contributed by atoms with Crippen molar-refractivity contribution in [3.8, 4) is 0 Å². The van der Waals surface area contributed by atoms with Crippen molar-refractivity contribution in [2.75, 3.05) is 12.9 Å². The molecule has 0 N–H and O–H groups in total. The lowest BCUT2D eigenvalue weighted by molar-refractivity contribution is -0.140. The highest BCUT2D eigenvalue weighted by atomic mass is 32.2. The molecule has 4 rings (SSSR count). The number of nitrogens with zero attached hydrogens (tertiary/aromatic N) is 2. The van der Waals surface area contributed by atoms with E-state index in [0.717, 1.165) is 15.3 Å². The largest absolute Gasteiger partial charge is 0.462 e. The molecule has 3 heterocycles. The van der Waals surface area contributed by atoms with Crippen molar-refractivity contribution in [3.63, 3.8) is 0 Å². The number of hydrogen-bond donors (Lipinski definition) is 0. The third-order valence-corrected chi connectivity index (χ3v) is 7.58. The third-order valence-electron chi connectivity index (χ3n) is 5.04. The van der Waals surface area contributed by atoms with Crippen molar-refractivity contribution in [1.29, 1.82) is 0 Å². The summed E-state index contributed by atoms with van der Waals surface area (Å²) in [5.41, 5.74) is 1.71. The van der Waals surface area contributed by atoms with Crippen LogP contribution < -0.4 is 14.9 Å². The molecule has 0 aliphatic carbocycles. The van der Waals surface area contributed by atoms with Crippen LogP contribution in [0.2, 0.25) is 0 Å². The van der Waals surface area contributed by atoms with Gasteiger partial charge in [0.2, 0.25) is 0 Å². The molecular weight excluding hydrogens is 460 g/mol. The number of rotatable bonds is 6. The molecule has 0 radical (unpaired) electrons. The van der Waals surface area contributed by atoms with E-state index in [-0.39, 0.29) is 11.5 Å². The van der Waals surface area contributed by atoms with Gasteiger partial charge in [-0.15, -0.1) is 23.1 Å². The summed E-state index contributed by atoms with van der Waals surface area (Å²) in [6.07, 6.45) is 3.90. The lowest BCUT2D eigenvalue weighted by Crippen LogP contribution is -2.40. The van der Waals surface area contributed by atoms with Gasteiger partial charge in [0.1, 0.15) is 0 Å². The number of allylic oxidation sites excluding steroid dienone is 1. The average molecular weight is 485 g/mol. The maximum absolute atomic E-state index is 13.5. The molecule has 0 amide bonds. The second-order valence-electron chi connectivity index (χ2n) is 7.86. The first-order chi connectivity index (χ1) is 15.4. The highest BCUT2D eigenvalue weighted by Gasteiger charge is 2.33. The Balaban J connectivity index is 1.89. The monoisotopic (exact) mass is 484 g/mol. The predicted octanol–water partition coefficient (Wildman–Crippen LogP) is 4.22. The average Bonchev–Trinajstić information content (AvgIpc) is 3.39. The van der Waals surface area contributed by atoms with Crippen LogP contribution in [-0.2, 0) is 9.53 Å². The van der Waals surface area contributed by atoms with Gasteiger partial charge < -0.3 is 4.74 Å². The van der Waals surface area contributed by atoms with E-state index >= 15 is 0 Å². The molecule has 1 aliphatic heterocycles. The number of hydrogen-bond acceptors (Lipinski definition) is 7. The number of fused-ring (bicyclic) bond motifs is 1. The second-order valence-corrected chi connectivity index (χ2v) is 10.7. The van der Waals surface area contributed by atoms with Gasteiger partial charge in [-0.3, -0.25) is 9.36 Å². The summed E-state index contributed by atoms with van der Waals surface area (Å²) in [6, 6.07) is 11.3. The fourth-order valence-corrected chi connectivity index (χ4v) is 5.68. The van der Waals surface area contributed by atoms with Gasteiger partial charge in [-0.1, -0.05) is 43.4 Å². The van der Waals surface area contributed by atoms with Crippen LogP contribution in [0.1, 0.15) is 37.3 Å². The van der Waals surface area contributed by atoms with Gasteiger partial charge >= 0.3 is 5.97 Å². The minimum Gasteiger partial charge on any atom is -0.462 e. The number of carbonyl (C=O) groups is 1. The molecule has 1 unspecified atom stereocenters. The molecule has 2 aromatic heterocycles. The molecule has 3 aromatic rings. The molecule has 1 aliphatic rings. The van der Waals surface area contributed by atoms with Crippen LogP contribution in [-0.4, -0.2) is 23.4 Å². The molecular formula is C24H24N2O3S3. The van der Waals surface area contributed by atoms with E-state index in [0.29, 0.717) is 27.2 Å². The molecule has 8 heteroatoms. The minimum atomic E-state index is -0.577. The lowest BCUT2D eigenvalue weighted by Gasteiger charge is -2.25. The van der Waals surface area contributed by atoms with Crippen molar-refractivity contribution in [2.45, 2.75) is 31.7 Å². The summed E-state index contributed by atoms with van der Waals surface area (Å²) in [4.78, 5) is 34.0. The molecule has 32 heavy (non-hydrogen) atoms. The van der Waals surface area contributed by atoms with Gasteiger partial charge in [0.05, 0.1) is 28.5 Å². The number of carbonyl (C=O) groups excluding carboxylic acids is 1. The van der Waals surface area contributed by atoms with Crippen LogP contribution >= 0.6 is 34.4 Å². The van der Waals surface area contributed by atoms with E-state index < -0.39 is 12.0 Å². The second kappa shape index (κ2) is 9.60. The van der Waals surface area contributed by atoms with Crippen molar-refractivity contribution in [1.82, 2.24) is 4.57 Å². The lowest BCUT2D eigenvalue weighted by atomic mass is 9.96. The Labute approximate surface area is 198 Å². The maximum atomic E-state index is 13.5. The number of esters is 1. The van der Waals surface area contributed by atoms with Gasteiger partial charge in [-0.05, 0) is 54.3 Å². The summed E-state index contributed by atoms with van der Waals surface area (Å²) < 4.78 is 7.81. The highest BCUT2D eigenvalue weighted by molar-refractivity contribution is 7.98. The van der Waals surface area contributed by atoms with E-state index in [2.05, 4.69) is 4.99 Å². The van der Waals surface area contributed by atoms with Crippen LogP contribution in [0.3, 0.4) is 0 Å². The Hall–Kier alpha value is -2.42. The topological polar surface area (TPSA) is 60.7 Å². The minimum absolute atomic E-state index is 0.150. The number of thioether (sulfide) groups is 1. The molecule has 0 spiro atoms. The molecule has 166 valence electrons. The number of aromatic nitrogens is 1. The van der Waals surface area contributed by atoms with Gasteiger partial charge in [0.15, 0.2) is 4.80 Å². The molecule has 5 nitrogen and oxygen atoms in total. The molecule has 0 saturated heterocycles.